The van der Waals surface area contributed by atoms with E-state index in [2.05, 4.69) is 10.6 Å². The van der Waals surface area contributed by atoms with Crippen molar-refractivity contribution >= 4 is 17.3 Å². The van der Waals surface area contributed by atoms with Crippen LogP contribution in [0.1, 0.15) is 19.3 Å². The molecule has 0 bridgehead atoms. The second-order valence-corrected chi connectivity index (χ2v) is 4.47. The van der Waals surface area contributed by atoms with Gasteiger partial charge in [0.1, 0.15) is 5.82 Å². The van der Waals surface area contributed by atoms with Gasteiger partial charge in [-0.15, -0.1) is 0 Å². The van der Waals surface area contributed by atoms with E-state index in [-0.39, 0.29) is 23.7 Å². The number of anilines is 2. The summed E-state index contributed by atoms with van der Waals surface area (Å²) in [6.07, 6.45) is 3.00. The zero-order chi connectivity index (χ0) is 11.1. The van der Waals surface area contributed by atoms with Gasteiger partial charge in [-0.1, -0.05) is 6.42 Å². The van der Waals surface area contributed by atoms with Crippen LogP contribution < -0.4 is 10.6 Å². The van der Waals surface area contributed by atoms with E-state index in [1.165, 1.54) is 12.1 Å². The minimum atomic E-state index is -0.326. The van der Waals surface area contributed by atoms with Gasteiger partial charge in [0.25, 0.3) is 0 Å². The van der Waals surface area contributed by atoms with Crippen LogP contribution in [0, 0.1) is 11.7 Å². The molecule has 1 amide bonds. The molecule has 0 saturated heterocycles. The average Bonchev–Trinajstić information content (AvgIpc) is 2.65. The lowest BCUT2D eigenvalue weighted by atomic mass is 10.0. The number of carbonyl (C=O) groups is 1. The Hall–Kier alpha value is -1.58. The summed E-state index contributed by atoms with van der Waals surface area (Å²) in [4.78, 5) is 11.9. The number of hydrogen-bond acceptors (Lipinski definition) is 2. The largest absolute Gasteiger partial charge is 0.380 e. The molecule has 1 aromatic rings. The molecule has 1 aromatic carbocycles. The summed E-state index contributed by atoms with van der Waals surface area (Å²) < 4.78 is 13.1. The van der Waals surface area contributed by atoms with E-state index in [0.29, 0.717) is 5.69 Å². The van der Waals surface area contributed by atoms with Gasteiger partial charge in [-0.25, -0.2) is 4.39 Å². The predicted octanol–water partition coefficient (Wildman–Crippen LogP) is 2.36. The topological polar surface area (TPSA) is 41.1 Å². The number of carbonyl (C=O) groups excluding carboxylic acids is 1. The van der Waals surface area contributed by atoms with Crippen molar-refractivity contribution in [2.75, 3.05) is 10.6 Å². The number of rotatable bonds is 0. The quantitative estimate of drug-likeness (QED) is 0.704. The molecule has 2 unspecified atom stereocenters. The van der Waals surface area contributed by atoms with Gasteiger partial charge in [0.05, 0.1) is 17.3 Å². The third-order valence-electron chi connectivity index (χ3n) is 3.43. The molecule has 4 heteroatoms. The van der Waals surface area contributed by atoms with Crippen LogP contribution in [0.4, 0.5) is 15.8 Å². The van der Waals surface area contributed by atoms with E-state index in [1.54, 1.807) is 6.07 Å². The van der Waals surface area contributed by atoms with E-state index in [0.717, 1.165) is 24.9 Å². The van der Waals surface area contributed by atoms with Crippen LogP contribution in [0.5, 0.6) is 0 Å². The molecule has 0 spiro atoms. The maximum atomic E-state index is 13.1. The predicted molar refractivity (Wildman–Crippen MR) is 59.8 cm³/mol. The van der Waals surface area contributed by atoms with E-state index in [4.69, 9.17) is 0 Å². The normalized spacial score (nSPS) is 27.4. The van der Waals surface area contributed by atoms with Crippen LogP contribution in [0.15, 0.2) is 18.2 Å². The maximum Gasteiger partial charge on any atom is 0.229 e. The molecule has 3 rings (SSSR count). The second kappa shape index (κ2) is 3.47. The Labute approximate surface area is 93.0 Å². The van der Waals surface area contributed by atoms with Crippen molar-refractivity contribution in [3.05, 3.63) is 24.0 Å². The monoisotopic (exact) mass is 220 g/mol. The van der Waals surface area contributed by atoms with Crippen molar-refractivity contribution in [3.63, 3.8) is 0 Å². The molecule has 16 heavy (non-hydrogen) atoms. The third kappa shape index (κ3) is 1.45. The molecule has 1 fully saturated rings. The Morgan fingerprint density at radius 2 is 2.12 bits per heavy atom. The fourth-order valence-corrected chi connectivity index (χ4v) is 2.62. The van der Waals surface area contributed by atoms with Crippen molar-refractivity contribution in [1.29, 1.82) is 0 Å². The molecule has 2 atom stereocenters. The van der Waals surface area contributed by atoms with E-state index >= 15 is 0 Å². The minimum Gasteiger partial charge on any atom is -0.380 e. The highest BCUT2D eigenvalue weighted by Crippen LogP contribution is 2.35. The third-order valence-corrected chi connectivity index (χ3v) is 3.43. The molecule has 1 heterocycles. The van der Waals surface area contributed by atoms with Crippen LogP contribution in [0.3, 0.4) is 0 Å². The Morgan fingerprint density at radius 3 is 3.00 bits per heavy atom. The second-order valence-electron chi connectivity index (χ2n) is 4.47. The van der Waals surface area contributed by atoms with Crippen LogP contribution in [-0.2, 0) is 4.79 Å². The fraction of sp³-hybridized carbons (Fsp3) is 0.417. The average molecular weight is 220 g/mol. The number of halogens is 1. The zero-order valence-corrected chi connectivity index (χ0v) is 8.79. The smallest absolute Gasteiger partial charge is 0.229 e. The fourth-order valence-electron chi connectivity index (χ4n) is 2.62. The van der Waals surface area contributed by atoms with Crippen LogP contribution in [0.2, 0.25) is 0 Å². The lowest BCUT2D eigenvalue weighted by Gasteiger charge is -2.16. The van der Waals surface area contributed by atoms with Crippen LogP contribution in [-0.4, -0.2) is 11.9 Å². The lowest BCUT2D eigenvalue weighted by molar-refractivity contribution is -0.119. The standard InChI is InChI=1S/C12H13FN2O/c13-7-4-5-10-11(6-7)15-12(16)8-2-1-3-9(8)14-10/h4-6,8-9,14H,1-3H2,(H,15,16). The Bertz CT molecular complexity index is 447. The van der Waals surface area contributed by atoms with E-state index in [1.807, 2.05) is 0 Å². The molecule has 0 radical (unpaired) electrons. The number of nitrogens with one attached hydrogen (secondary N) is 2. The molecule has 1 aliphatic heterocycles. The number of fused-ring (bicyclic) bond motifs is 2. The molecule has 2 aliphatic rings. The van der Waals surface area contributed by atoms with Crippen molar-refractivity contribution in [2.45, 2.75) is 25.3 Å². The first kappa shape index (κ1) is 9.63. The van der Waals surface area contributed by atoms with Crippen LogP contribution >= 0.6 is 0 Å². The van der Waals surface area contributed by atoms with Crippen molar-refractivity contribution < 1.29 is 9.18 Å². The Balaban J connectivity index is 2.01. The number of hydrogen-bond donors (Lipinski definition) is 2. The minimum absolute atomic E-state index is 0.0133. The molecule has 0 aromatic heterocycles. The summed E-state index contributed by atoms with van der Waals surface area (Å²) >= 11 is 0. The molecular weight excluding hydrogens is 207 g/mol. The molecular formula is C12H13FN2O. The summed E-state index contributed by atoms with van der Waals surface area (Å²) in [6, 6.07) is 4.66. The zero-order valence-electron chi connectivity index (χ0n) is 8.79. The van der Waals surface area contributed by atoms with Gasteiger partial charge in [-0.2, -0.15) is 0 Å². The molecule has 1 aliphatic carbocycles. The first-order chi connectivity index (χ1) is 7.74. The molecule has 84 valence electrons. The number of benzene rings is 1. The van der Waals surface area contributed by atoms with E-state index < -0.39 is 0 Å². The first-order valence-corrected chi connectivity index (χ1v) is 5.61. The highest BCUT2D eigenvalue weighted by molar-refractivity contribution is 5.98. The maximum absolute atomic E-state index is 13.1. The van der Waals surface area contributed by atoms with Gasteiger partial charge in [0.2, 0.25) is 5.91 Å². The van der Waals surface area contributed by atoms with Crippen molar-refractivity contribution in [2.24, 2.45) is 5.92 Å². The first-order valence-electron chi connectivity index (χ1n) is 5.61. The highest BCUT2D eigenvalue weighted by atomic mass is 19.1. The van der Waals surface area contributed by atoms with Gasteiger partial charge in [0.15, 0.2) is 0 Å². The summed E-state index contributed by atoms with van der Waals surface area (Å²) in [5.74, 6) is -0.289. The van der Waals surface area contributed by atoms with Gasteiger partial charge < -0.3 is 10.6 Å². The van der Waals surface area contributed by atoms with Crippen molar-refractivity contribution in [3.8, 4) is 0 Å². The van der Waals surface area contributed by atoms with E-state index in [9.17, 15) is 9.18 Å². The summed E-state index contributed by atoms with van der Waals surface area (Å²) in [7, 11) is 0. The summed E-state index contributed by atoms with van der Waals surface area (Å²) in [5.41, 5.74) is 1.38. The van der Waals surface area contributed by atoms with Gasteiger partial charge in [-0.05, 0) is 31.0 Å². The molecule has 1 saturated carbocycles. The van der Waals surface area contributed by atoms with Gasteiger partial charge in [0, 0.05) is 6.04 Å². The van der Waals surface area contributed by atoms with Crippen molar-refractivity contribution in [1.82, 2.24) is 0 Å². The van der Waals surface area contributed by atoms with Crippen LogP contribution in [0.25, 0.3) is 0 Å². The Kier molecular flexibility index (Phi) is 2.09. The lowest BCUT2D eigenvalue weighted by Crippen LogP contribution is -2.30. The molecule has 2 N–H and O–H groups in total. The highest BCUT2D eigenvalue weighted by Gasteiger charge is 2.35. The van der Waals surface area contributed by atoms with Gasteiger partial charge in [-0.3, -0.25) is 4.79 Å². The summed E-state index contributed by atoms with van der Waals surface area (Å²) in [6.45, 7) is 0. The SMILES string of the molecule is O=C1Nc2cc(F)ccc2NC2CCCC12. The Morgan fingerprint density at radius 1 is 1.25 bits per heavy atom. The molecule has 3 nitrogen and oxygen atoms in total. The van der Waals surface area contributed by atoms with Gasteiger partial charge >= 0.3 is 0 Å². The summed E-state index contributed by atoms with van der Waals surface area (Å²) in [5, 5.41) is 6.12. The number of amides is 1.